The number of amides is 1. The molecule has 3 heteroatoms. The van der Waals surface area contributed by atoms with Gasteiger partial charge in [-0.3, -0.25) is 4.79 Å². The Hall–Kier alpha value is -1.35. The van der Waals surface area contributed by atoms with Crippen LogP contribution in [0, 0.1) is 17.8 Å². The average molecular weight is 272 g/mol. The molecule has 2 aliphatic carbocycles. The first-order valence-corrected chi connectivity index (χ1v) is 7.83. The van der Waals surface area contributed by atoms with Gasteiger partial charge in [0.05, 0.1) is 0 Å². The number of benzene rings is 1. The number of anilines is 1. The zero-order valence-electron chi connectivity index (χ0n) is 12.2. The quantitative estimate of drug-likeness (QED) is 0.916. The molecule has 0 heterocycles. The average Bonchev–Trinajstić information content (AvgIpc) is 3.11. The predicted molar refractivity (Wildman–Crippen MR) is 81.3 cm³/mol. The van der Waals surface area contributed by atoms with Crippen molar-refractivity contribution in [3.63, 3.8) is 0 Å². The molecule has 2 bridgehead atoms. The van der Waals surface area contributed by atoms with Crippen molar-refractivity contribution in [1.29, 1.82) is 0 Å². The molecular formula is C17H24N2O. The largest absolute Gasteiger partial charge is 0.326 e. The van der Waals surface area contributed by atoms with Crippen LogP contribution < -0.4 is 10.6 Å². The Morgan fingerprint density at radius 3 is 2.50 bits per heavy atom. The molecule has 2 N–H and O–H groups in total. The maximum Gasteiger partial charge on any atom is 0.230 e. The van der Waals surface area contributed by atoms with Crippen molar-refractivity contribution in [2.24, 2.45) is 23.5 Å². The first kappa shape index (κ1) is 13.6. The number of hydrogen-bond donors (Lipinski definition) is 1. The van der Waals surface area contributed by atoms with Gasteiger partial charge in [-0.25, -0.2) is 0 Å². The van der Waals surface area contributed by atoms with Crippen LogP contribution in [0.4, 0.5) is 5.69 Å². The van der Waals surface area contributed by atoms with E-state index in [0.29, 0.717) is 18.4 Å². The number of fused-ring (bicyclic) bond motifs is 2. The van der Waals surface area contributed by atoms with Crippen molar-refractivity contribution in [1.82, 2.24) is 0 Å². The lowest BCUT2D eigenvalue weighted by Crippen LogP contribution is -2.38. The first-order chi connectivity index (χ1) is 9.72. The summed E-state index contributed by atoms with van der Waals surface area (Å²) >= 11 is 0. The minimum atomic E-state index is 0.267. The number of carbonyl (C=O) groups excluding carboxylic acids is 1. The Morgan fingerprint density at radius 1 is 1.25 bits per heavy atom. The zero-order chi connectivity index (χ0) is 14.1. The van der Waals surface area contributed by atoms with E-state index in [1.165, 1.54) is 19.3 Å². The maximum absolute atomic E-state index is 12.8. The number of nitrogens with two attached hydrogens (primary N) is 1. The summed E-state index contributed by atoms with van der Waals surface area (Å²) in [5.41, 5.74) is 7.75. The highest BCUT2D eigenvalue weighted by atomic mass is 16.2. The lowest BCUT2D eigenvalue weighted by Gasteiger charge is -2.28. The standard InChI is InChI=1S/C17H24N2O/c1-2-19(15-7-4-12(11-18)5-8-15)17(20)16-10-13-3-6-14(16)9-13/h4-5,7-8,13-14,16H,2-3,6,9-11,18H2,1H3. The summed E-state index contributed by atoms with van der Waals surface area (Å²) in [6.07, 6.45) is 4.98. The molecule has 20 heavy (non-hydrogen) atoms. The van der Waals surface area contributed by atoms with Gasteiger partial charge in [0.15, 0.2) is 0 Å². The lowest BCUT2D eigenvalue weighted by molar-refractivity contribution is -0.123. The second kappa shape index (κ2) is 5.57. The van der Waals surface area contributed by atoms with Crippen LogP contribution in [-0.2, 0) is 11.3 Å². The molecule has 0 spiro atoms. The van der Waals surface area contributed by atoms with E-state index in [-0.39, 0.29) is 5.92 Å². The molecular weight excluding hydrogens is 248 g/mol. The van der Waals surface area contributed by atoms with Gasteiger partial charge in [-0.1, -0.05) is 18.6 Å². The van der Waals surface area contributed by atoms with E-state index in [0.717, 1.165) is 30.1 Å². The van der Waals surface area contributed by atoms with Gasteiger partial charge in [-0.05, 0) is 55.7 Å². The highest BCUT2D eigenvalue weighted by Crippen LogP contribution is 2.49. The molecule has 2 fully saturated rings. The van der Waals surface area contributed by atoms with Gasteiger partial charge in [0.1, 0.15) is 0 Å². The second-order valence-electron chi connectivity index (χ2n) is 6.23. The Kier molecular flexibility index (Phi) is 3.79. The van der Waals surface area contributed by atoms with Gasteiger partial charge < -0.3 is 10.6 Å². The normalized spacial score (nSPS) is 27.8. The summed E-state index contributed by atoms with van der Waals surface area (Å²) in [4.78, 5) is 14.8. The molecule has 0 aromatic heterocycles. The smallest absolute Gasteiger partial charge is 0.230 e. The van der Waals surface area contributed by atoms with E-state index >= 15 is 0 Å². The van der Waals surface area contributed by atoms with Crippen molar-refractivity contribution in [2.45, 2.75) is 39.2 Å². The van der Waals surface area contributed by atoms with E-state index in [9.17, 15) is 4.79 Å². The van der Waals surface area contributed by atoms with E-state index in [4.69, 9.17) is 5.73 Å². The Morgan fingerprint density at radius 2 is 2.00 bits per heavy atom. The van der Waals surface area contributed by atoms with Gasteiger partial charge in [0, 0.05) is 24.7 Å². The van der Waals surface area contributed by atoms with Crippen LogP contribution >= 0.6 is 0 Å². The Labute approximate surface area is 121 Å². The Balaban J connectivity index is 1.76. The molecule has 108 valence electrons. The molecule has 3 rings (SSSR count). The molecule has 2 saturated carbocycles. The summed E-state index contributed by atoms with van der Waals surface area (Å²) in [6.45, 7) is 3.35. The molecule has 0 saturated heterocycles. The Bertz CT molecular complexity index is 482. The van der Waals surface area contributed by atoms with E-state index in [1.54, 1.807) is 0 Å². The maximum atomic E-state index is 12.8. The topological polar surface area (TPSA) is 46.3 Å². The third kappa shape index (κ3) is 2.35. The molecule has 1 aromatic rings. The SMILES string of the molecule is CCN(C(=O)C1CC2CCC1C2)c1ccc(CN)cc1. The van der Waals surface area contributed by atoms with Gasteiger partial charge in [0.25, 0.3) is 0 Å². The lowest BCUT2D eigenvalue weighted by atomic mass is 9.87. The van der Waals surface area contributed by atoms with Gasteiger partial charge in [-0.15, -0.1) is 0 Å². The third-order valence-electron chi connectivity index (χ3n) is 5.12. The van der Waals surface area contributed by atoms with E-state index in [2.05, 4.69) is 6.92 Å². The van der Waals surface area contributed by atoms with Gasteiger partial charge >= 0.3 is 0 Å². The number of hydrogen-bond acceptors (Lipinski definition) is 2. The molecule has 0 radical (unpaired) electrons. The van der Waals surface area contributed by atoms with Crippen LogP contribution in [0.2, 0.25) is 0 Å². The third-order valence-corrected chi connectivity index (χ3v) is 5.12. The van der Waals surface area contributed by atoms with Crippen molar-refractivity contribution < 1.29 is 4.79 Å². The van der Waals surface area contributed by atoms with Crippen LogP contribution in [-0.4, -0.2) is 12.5 Å². The van der Waals surface area contributed by atoms with Crippen LogP contribution in [0.1, 0.15) is 38.2 Å². The second-order valence-corrected chi connectivity index (χ2v) is 6.23. The van der Waals surface area contributed by atoms with Crippen LogP contribution in [0.15, 0.2) is 24.3 Å². The number of rotatable bonds is 4. The van der Waals surface area contributed by atoms with Crippen LogP contribution in [0.25, 0.3) is 0 Å². The molecule has 3 unspecified atom stereocenters. The predicted octanol–water partition coefficient (Wildman–Crippen LogP) is 2.93. The van der Waals surface area contributed by atoms with Crippen molar-refractivity contribution in [3.05, 3.63) is 29.8 Å². The molecule has 1 amide bonds. The summed E-state index contributed by atoms with van der Waals surface area (Å²) in [6, 6.07) is 8.09. The van der Waals surface area contributed by atoms with Crippen LogP contribution in [0.3, 0.4) is 0 Å². The summed E-state index contributed by atoms with van der Waals surface area (Å²) < 4.78 is 0. The fraction of sp³-hybridized carbons (Fsp3) is 0.588. The molecule has 3 atom stereocenters. The van der Waals surface area contributed by atoms with Gasteiger partial charge in [-0.2, -0.15) is 0 Å². The zero-order valence-corrected chi connectivity index (χ0v) is 12.2. The van der Waals surface area contributed by atoms with Gasteiger partial charge in [0.2, 0.25) is 5.91 Å². The fourth-order valence-corrected chi connectivity index (χ4v) is 4.02. The monoisotopic (exact) mass is 272 g/mol. The highest BCUT2D eigenvalue weighted by molar-refractivity contribution is 5.95. The van der Waals surface area contributed by atoms with Crippen molar-refractivity contribution in [2.75, 3.05) is 11.4 Å². The van der Waals surface area contributed by atoms with Crippen molar-refractivity contribution in [3.8, 4) is 0 Å². The van der Waals surface area contributed by atoms with Crippen molar-refractivity contribution >= 4 is 11.6 Å². The van der Waals surface area contributed by atoms with E-state index in [1.807, 2.05) is 29.2 Å². The molecule has 2 aliphatic rings. The highest BCUT2D eigenvalue weighted by Gasteiger charge is 2.44. The molecule has 1 aromatic carbocycles. The molecule has 0 aliphatic heterocycles. The number of carbonyl (C=O) groups is 1. The summed E-state index contributed by atoms with van der Waals surface area (Å²) in [5, 5.41) is 0. The summed E-state index contributed by atoms with van der Waals surface area (Å²) in [7, 11) is 0. The summed E-state index contributed by atoms with van der Waals surface area (Å²) in [5.74, 6) is 2.06. The van der Waals surface area contributed by atoms with E-state index < -0.39 is 0 Å². The minimum Gasteiger partial charge on any atom is -0.326 e. The minimum absolute atomic E-state index is 0.267. The van der Waals surface area contributed by atoms with Crippen LogP contribution in [0.5, 0.6) is 0 Å². The number of nitrogens with zero attached hydrogens (tertiary/aromatic N) is 1. The molecule has 3 nitrogen and oxygen atoms in total. The first-order valence-electron chi connectivity index (χ1n) is 7.83. The fourth-order valence-electron chi connectivity index (χ4n) is 4.02.